The number of rotatable bonds is 6. The van der Waals surface area contributed by atoms with Crippen LogP contribution in [0.2, 0.25) is 0 Å². The molecule has 28 heavy (non-hydrogen) atoms. The first-order chi connectivity index (χ1) is 13.7. The lowest BCUT2D eigenvalue weighted by Crippen LogP contribution is -2.49. The van der Waals surface area contributed by atoms with Crippen LogP contribution in [-0.4, -0.2) is 61.2 Å². The number of ether oxygens (including phenoxy) is 1. The van der Waals surface area contributed by atoms with Crippen LogP contribution in [0, 0.1) is 0 Å². The Labute approximate surface area is 166 Å². The zero-order chi connectivity index (χ0) is 19.8. The molecule has 152 valence electrons. The molecular formula is C21H30N4O3. The van der Waals surface area contributed by atoms with Crippen LogP contribution in [-0.2, 0) is 4.74 Å². The number of anilines is 1. The fourth-order valence-corrected chi connectivity index (χ4v) is 3.64. The summed E-state index contributed by atoms with van der Waals surface area (Å²) in [6.45, 7) is 5.38. The van der Waals surface area contributed by atoms with Crippen LogP contribution in [0.3, 0.4) is 0 Å². The molecule has 1 N–H and O–H groups in total. The van der Waals surface area contributed by atoms with Gasteiger partial charge in [0.1, 0.15) is 5.82 Å². The summed E-state index contributed by atoms with van der Waals surface area (Å²) in [6.07, 6.45) is 9.52. The van der Waals surface area contributed by atoms with Crippen LogP contribution in [0.5, 0.6) is 0 Å². The lowest BCUT2D eigenvalue weighted by molar-refractivity contribution is 0.0953. The van der Waals surface area contributed by atoms with Gasteiger partial charge in [-0.15, -0.1) is 0 Å². The average Bonchev–Trinajstić information content (AvgIpc) is 2.75. The minimum atomic E-state index is -0.267. The SMILES string of the molecule is CCOC(=O)N1CCN(c2cc(C(=O)NCCC3=CCCCC3)ccn2)CC1. The van der Waals surface area contributed by atoms with Crippen molar-refractivity contribution in [3.05, 3.63) is 35.5 Å². The predicted octanol–water partition coefficient (Wildman–Crippen LogP) is 2.98. The Morgan fingerprint density at radius 1 is 1.21 bits per heavy atom. The van der Waals surface area contributed by atoms with Gasteiger partial charge in [-0.1, -0.05) is 11.6 Å². The highest BCUT2D eigenvalue weighted by atomic mass is 16.6. The van der Waals surface area contributed by atoms with Crippen molar-refractivity contribution in [1.29, 1.82) is 0 Å². The molecule has 2 heterocycles. The van der Waals surface area contributed by atoms with Gasteiger partial charge in [-0.2, -0.15) is 0 Å². The summed E-state index contributed by atoms with van der Waals surface area (Å²) in [5.74, 6) is 0.705. The Hall–Kier alpha value is -2.57. The lowest BCUT2D eigenvalue weighted by Gasteiger charge is -2.34. The Morgan fingerprint density at radius 2 is 2.04 bits per heavy atom. The number of hydrogen-bond donors (Lipinski definition) is 1. The number of nitrogens with one attached hydrogen (secondary N) is 1. The number of nitrogens with zero attached hydrogens (tertiary/aromatic N) is 3. The maximum Gasteiger partial charge on any atom is 0.409 e. The highest BCUT2D eigenvalue weighted by Crippen LogP contribution is 2.20. The van der Waals surface area contributed by atoms with E-state index < -0.39 is 0 Å². The molecule has 2 aliphatic rings. The van der Waals surface area contributed by atoms with Crippen molar-refractivity contribution in [2.45, 2.75) is 39.0 Å². The van der Waals surface area contributed by atoms with Gasteiger partial charge in [-0.3, -0.25) is 4.79 Å². The molecule has 1 saturated heterocycles. The van der Waals surface area contributed by atoms with Gasteiger partial charge in [0.2, 0.25) is 0 Å². The maximum atomic E-state index is 12.5. The molecule has 7 heteroatoms. The zero-order valence-corrected chi connectivity index (χ0v) is 16.7. The first-order valence-electron chi connectivity index (χ1n) is 10.3. The van der Waals surface area contributed by atoms with Gasteiger partial charge in [-0.05, 0) is 51.2 Å². The van der Waals surface area contributed by atoms with Gasteiger partial charge < -0.3 is 19.9 Å². The van der Waals surface area contributed by atoms with E-state index >= 15 is 0 Å². The summed E-state index contributed by atoms with van der Waals surface area (Å²) in [6, 6.07) is 3.57. The molecule has 3 rings (SSSR count). The number of carbonyl (C=O) groups excluding carboxylic acids is 2. The second kappa shape index (κ2) is 10.1. The van der Waals surface area contributed by atoms with Gasteiger partial charge in [0.15, 0.2) is 0 Å². The van der Waals surface area contributed by atoms with E-state index in [9.17, 15) is 9.59 Å². The molecule has 0 saturated carbocycles. The highest BCUT2D eigenvalue weighted by Gasteiger charge is 2.23. The van der Waals surface area contributed by atoms with Crippen LogP contribution in [0.4, 0.5) is 10.6 Å². The Morgan fingerprint density at radius 3 is 2.75 bits per heavy atom. The summed E-state index contributed by atoms with van der Waals surface area (Å²) < 4.78 is 5.05. The molecule has 0 radical (unpaired) electrons. The molecule has 0 spiro atoms. The number of allylic oxidation sites excluding steroid dienone is 1. The molecule has 0 aromatic carbocycles. The summed E-state index contributed by atoms with van der Waals surface area (Å²) in [5, 5.41) is 3.02. The molecule has 1 fully saturated rings. The molecule has 0 atom stereocenters. The van der Waals surface area contributed by atoms with Crippen LogP contribution >= 0.6 is 0 Å². The summed E-state index contributed by atoms with van der Waals surface area (Å²) in [4.78, 5) is 32.5. The van der Waals surface area contributed by atoms with Crippen molar-refractivity contribution >= 4 is 17.8 Å². The molecule has 1 aliphatic heterocycles. The fraction of sp³-hybridized carbons (Fsp3) is 0.571. The average molecular weight is 386 g/mol. The maximum absolute atomic E-state index is 12.5. The minimum Gasteiger partial charge on any atom is -0.450 e. The van der Waals surface area contributed by atoms with Crippen molar-refractivity contribution in [3.63, 3.8) is 0 Å². The number of pyridine rings is 1. The molecule has 1 aromatic rings. The van der Waals surface area contributed by atoms with Crippen LogP contribution in [0.25, 0.3) is 0 Å². The number of hydrogen-bond acceptors (Lipinski definition) is 5. The quantitative estimate of drug-likeness (QED) is 0.761. The minimum absolute atomic E-state index is 0.0646. The standard InChI is InChI=1S/C21H30N4O3/c1-2-28-21(27)25-14-12-24(13-15-25)19-16-18(9-11-22-19)20(26)23-10-8-17-6-4-3-5-7-17/h6,9,11,16H,2-5,7-8,10,12-15H2,1H3,(H,23,26). The fourth-order valence-electron chi connectivity index (χ4n) is 3.64. The van der Waals surface area contributed by atoms with E-state index in [0.717, 1.165) is 18.7 Å². The van der Waals surface area contributed by atoms with Crippen molar-refractivity contribution in [2.24, 2.45) is 0 Å². The van der Waals surface area contributed by atoms with E-state index in [1.165, 1.54) is 24.8 Å². The van der Waals surface area contributed by atoms with E-state index in [4.69, 9.17) is 4.74 Å². The first-order valence-corrected chi connectivity index (χ1v) is 10.3. The lowest BCUT2D eigenvalue weighted by atomic mass is 9.97. The highest BCUT2D eigenvalue weighted by molar-refractivity contribution is 5.94. The number of aromatic nitrogens is 1. The smallest absolute Gasteiger partial charge is 0.409 e. The summed E-state index contributed by atoms with van der Waals surface area (Å²) in [7, 11) is 0. The van der Waals surface area contributed by atoms with E-state index in [1.807, 2.05) is 6.07 Å². The Balaban J connectivity index is 1.50. The second-order valence-electron chi connectivity index (χ2n) is 7.19. The molecule has 7 nitrogen and oxygen atoms in total. The number of amides is 2. The predicted molar refractivity (Wildman–Crippen MR) is 109 cm³/mol. The van der Waals surface area contributed by atoms with Crippen molar-refractivity contribution in [2.75, 3.05) is 44.2 Å². The first kappa shape index (κ1) is 20.2. The van der Waals surface area contributed by atoms with E-state index in [2.05, 4.69) is 21.3 Å². The molecule has 0 unspecified atom stereocenters. The third-order valence-electron chi connectivity index (χ3n) is 5.25. The van der Waals surface area contributed by atoms with Crippen LogP contribution in [0.1, 0.15) is 49.4 Å². The molecule has 2 amide bonds. The second-order valence-corrected chi connectivity index (χ2v) is 7.19. The Kier molecular flexibility index (Phi) is 7.28. The largest absolute Gasteiger partial charge is 0.450 e. The Bertz CT molecular complexity index is 711. The third kappa shape index (κ3) is 5.47. The van der Waals surface area contributed by atoms with Gasteiger partial charge in [0, 0.05) is 44.5 Å². The van der Waals surface area contributed by atoms with Gasteiger partial charge in [0.05, 0.1) is 6.61 Å². The van der Waals surface area contributed by atoms with E-state index in [0.29, 0.717) is 44.9 Å². The number of piperazine rings is 1. The van der Waals surface area contributed by atoms with Crippen molar-refractivity contribution < 1.29 is 14.3 Å². The molecule has 1 aromatic heterocycles. The number of carbonyl (C=O) groups is 2. The van der Waals surface area contributed by atoms with Gasteiger partial charge >= 0.3 is 6.09 Å². The molecule has 1 aliphatic carbocycles. The summed E-state index contributed by atoms with van der Waals surface area (Å²) >= 11 is 0. The monoisotopic (exact) mass is 386 g/mol. The third-order valence-corrected chi connectivity index (χ3v) is 5.25. The zero-order valence-electron chi connectivity index (χ0n) is 16.7. The van der Waals surface area contributed by atoms with Gasteiger partial charge in [-0.25, -0.2) is 9.78 Å². The van der Waals surface area contributed by atoms with Gasteiger partial charge in [0.25, 0.3) is 5.91 Å². The normalized spacial score (nSPS) is 17.1. The van der Waals surface area contributed by atoms with Crippen LogP contribution in [0.15, 0.2) is 30.0 Å². The van der Waals surface area contributed by atoms with E-state index in [1.54, 1.807) is 24.1 Å². The topological polar surface area (TPSA) is 74.8 Å². The van der Waals surface area contributed by atoms with E-state index in [-0.39, 0.29) is 12.0 Å². The summed E-state index contributed by atoms with van der Waals surface area (Å²) in [5.41, 5.74) is 2.08. The van der Waals surface area contributed by atoms with Crippen molar-refractivity contribution in [3.8, 4) is 0 Å². The van der Waals surface area contributed by atoms with Crippen molar-refractivity contribution in [1.82, 2.24) is 15.2 Å². The molecular weight excluding hydrogens is 356 g/mol. The molecule has 0 bridgehead atoms. The van der Waals surface area contributed by atoms with Crippen LogP contribution < -0.4 is 10.2 Å².